The quantitative estimate of drug-likeness (QED) is 0.770. The molecule has 1 heterocycles. The van der Waals surface area contributed by atoms with Crippen LogP contribution in [0.15, 0.2) is 60.8 Å². The topological polar surface area (TPSA) is 96.1 Å². The first-order valence-electron chi connectivity index (χ1n) is 7.44. The van der Waals surface area contributed by atoms with E-state index in [1.807, 2.05) is 12.1 Å². The summed E-state index contributed by atoms with van der Waals surface area (Å²) in [5, 5.41) is 17.9. The summed E-state index contributed by atoms with van der Waals surface area (Å²) in [7, 11) is 0. The van der Waals surface area contributed by atoms with Crippen LogP contribution in [0.1, 0.15) is 21.6 Å². The molecule has 25 heavy (non-hydrogen) atoms. The average Bonchev–Trinajstić information content (AvgIpc) is 2.67. The van der Waals surface area contributed by atoms with E-state index < -0.39 is 5.97 Å². The number of benzene rings is 2. The van der Waals surface area contributed by atoms with E-state index in [-0.39, 0.29) is 5.69 Å². The molecule has 3 rings (SSSR count). The summed E-state index contributed by atoms with van der Waals surface area (Å²) in [5.74, 6) is -0.100. The Kier molecular flexibility index (Phi) is 4.67. The van der Waals surface area contributed by atoms with Gasteiger partial charge in [-0.15, -0.1) is 0 Å². The van der Waals surface area contributed by atoms with Gasteiger partial charge in [0.05, 0.1) is 11.6 Å². The standard InChI is InChI=1S/C19H13N3O3/c20-11-13-2-1-3-14(10-13)12-25-16-6-4-15(5-7-16)18-21-9-8-17(22-18)19(23)24/h1-10H,12H2,(H,23,24). The highest BCUT2D eigenvalue weighted by Gasteiger charge is 2.08. The van der Waals surface area contributed by atoms with Crippen molar-refractivity contribution in [1.29, 1.82) is 5.26 Å². The van der Waals surface area contributed by atoms with Gasteiger partial charge < -0.3 is 9.84 Å². The van der Waals surface area contributed by atoms with Gasteiger partial charge >= 0.3 is 5.97 Å². The zero-order chi connectivity index (χ0) is 17.6. The van der Waals surface area contributed by atoms with E-state index in [1.54, 1.807) is 36.4 Å². The van der Waals surface area contributed by atoms with Gasteiger partial charge in [-0.1, -0.05) is 12.1 Å². The van der Waals surface area contributed by atoms with Gasteiger partial charge in [0.2, 0.25) is 0 Å². The molecule has 6 heteroatoms. The van der Waals surface area contributed by atoms with E-state index in [1.165, 1.54) is 12.3 Å². The maximum Gasteiger partial charge on any atom is 0.354 e. The van der Waals surface area contributed by atoms with Crippen LogP contribution in [0.5, 0.6) is 5.75 Å². The highest BCUT2D eigenvalue weighted by atomic mass is 16.5. The van der Waals surface area contributed by atoms with Gasteiger partial charge in [0.15, 0.2) is 11.5 Å². The van der Waals surface area contributed by atoms with Crippen LogP contribution in [0.3, 0.4) is 0 Å². The van der Waals surface area contributed by atoms with Gasteiger partial charge in [0.25, 0.3) is 0 Å². The maximum absolute atomic E-state index is 11.0. The largest absolute Gasteiger partial charge is 0.489 e. The summed E-state index contributed by atoms with van der Waals surface area (Å²) in [5.41, 5.74) is 2.14. The van der Waals surface area contributed by atoms with Gasteiger partial charge in [-0.05, 0) is 48.0 Å². The SMILES string of the molecule is N#Cc1cccc(COc2ccc(-c3nccc(C(=O)O)n3)cc2)c1. The van der Waals surface area contributed by atoms with Crippen LogP contribution >= 0.6 is 0 Å². The molecule has 0 radical (unpaired) electrons. The third-order valence-corrected chi connectivity index (χ3v) is 3.45. The van der Waals surface area contributed by atoms with Crippen LogP contribution in [0, 0.1) is 11.3 Å². The lowest BCUT2D eigenvalue weighted by molar-refractivity contribution is 0.0690. The molecule has 0 unspecified atom stereocenters. The third kappa shape index (κ3) is 3.98. The first kappa shape index (κ1) is 16.1. The molecule has 0 aliphatic carbocycles. The van der Waals surface area contributed by atoms with Gasteiger partial charge in [-0.3, -0.25) is 0 Å². The molecule has 0 amide bonds. The van der Waals surface area contributed by atoms with Gasteiger partial charge in [0.1, 0.15) is 12.4 Å². The highest BCUT2D eigenvalue weighted by Crippen LogP contribution is 2.20. The summed E-state index contributed by atoms with van der Waals surface area (Å²) in [6.45, 7) is 0.347. The Bertz CT molecular complexity index is 947. The second kappa shape index (κ2) is 7.23. The highest BCUT2D eigenvalue weighted by molar-refractivity contribution is 5.85. The van der Waals surface area contributed by atoms with E-state index in [0.29, 0.717) is 29.3 Å². The number of carboxylic acid groups (broad SMARTS) is 1. The molecule has 0 aliphatic heterocycles. The molecule has 2 aromatic carbocycles. The molecule has 0 saturated heterocycles. The van der Waals surface area contributed by atoms with Crippen molar-refractivity contribution in [3.63, 3.8) is 0 Å². The fourth-order valence-electron chi connectivity index (χ4n) is 2.21. The number of hydrogen-bond donors (Lipinski definition) is 1. The van der Waals surface area contributed by atoms with Crippen molar-refractivity contribution < 1.29 is 14.6 Å². The lowest BCUT2D eigenvalue weighted by atomic mass is 10.1. The molecule has 0 saturated carbocycles. The number of rotatable bonds is 5. The van der Waals surface area contributed by atoms with E-state index in [2.05, 4.69) is 16.0 Å². The summed E-state index contributed by atoms with van der Waals surface area (Å²) in [6, 6.07) is 17.7. The smallest absolute Gasteiger partial charge is 0.354 e. The Morgan fingerprint density at radius 1 is 1.16 bits per heavy atom. The van der Waals surface area contributed by atoms with Crippen LogP contribution in [0.2, 0.25) is 0 Å². The Hall–Kier alpha value is -3.72. The monoisotopic (exact) mass is 331 g/mol. The first-order valence-corrected chi connectivity index (χ1v) is 7.44. The minimum absolute atomic E-state index is 0.0531. The van der Waals surface area contributed by atoms with Crippen LogP contribution in [0.4, 0.5) is 0 Å². The van der Waals surface area contributed by atoms with Crippen molar-refractivity contribution in [2.75, 3.05) is 0 Å². The minimum atomic E-state index is -1.09. The summed E-state index contributed by atoms with van der Waals surface area (Å²) >= 11 is 0. The molecule has 0 bridgehead atoms. The summed E-state index contributed by atoms with van der Waals surface area (Å²) < 4.78 is 5.70. The molecule has 0 fully saturated rings. The van der Waals surface area contributed by atoms with Crippen molar-refractivity contribution in [3.05, 3.63) is 77.6 Å². The van der Waals surface area contributed by atoms with Crippen LogP contribution in [-0.2, 0) is 6.61 Å². The molecule has 3 aromatic rings. The normalized spacial score (nSPS) is 10.0. The third-order valence-electron chi connectivity index (χ3n) is 3.45. The van der Waals surface area contributed by atoms with Crippen molar-refractivity contribution in [1.82, 2.24) is 9.97 Å². The number of ether oxygens (including phenoxy) is 1. The maximum atomic E-state index is 11.0. The lowest BCUT2D eigenvalue weighted by Crippen LogP contribution is -2.02. The second-order valence-electron chi connectivity index (χ2n) is 5.20. The Balaban J connectivity index is 1.71. The van der Waals surface area contributed by atoms with Crippen molar-refractivity contribution >= 4 is 5.97 Å². The number of aromatic carboxylic acids is 1. The van der Waals surface area contributed by atoms with Crippen LogP contribution in [-0.4, -0.2) is 21.0 Å². The predicted molar refractivity (Wildman–Crippen MR) is 89.9 cm³/mol. The number of aromatic nitrogens is 2. The molecule has 1 N–H and O–H groups in total. The Morgan fingerprint density at radius 2 is 1.96 bits per heavy atom. The molecule has 6 nitrogen and oxygen atoms in total. The van der Waals surface area contributed by atoms with Crippen LogP contribution in [0.25, 0.3) is 11.4 Å². The minimum Gasteiger partial charge on any atom is -0.489 e. The number of nitrogens with zero attached hydrogens (tertiary/aromatic N) is 3. The summed E-state index contributed by atoms with van der Waals surface area (Å²) in [6.07, 6.45) is 1.42. The van der Waals surface area contributed by atoms with Gasteiger partial charge in [0, 0.05) is 11.8 Å². The molecule has 0 spiro atoms. The molecule has 0 atom stereocenters. The van der Waals surface area contributed by atoms with Crippen LogP contribution < -0.4 is 4.74 Å². The molecular weight excluding hydrogens is 318 g/mol. The average molecular weight is 331 g/mol. The van der Waals surface area contributed by atoms with E-state index in [0.717, 1.165) is 5.56 Å². The second-order valence-corrected chi connectivity index (χ2v) is 5.20. The van der Waals surface area contributed by atoms with E-state index >= 15 is 0 Å². The zero-order valence-corrected chi connectivity index (χ0v) is 13.1. The Morgan fingerprint density at radius 3 is 2.68 bits per heavy atom. The molecule has 1 aromatic heterocycles. The van der Waals surface area contributed by atoms with Gasteiger partial charge in [-0.25, -0.2) is 14.8 Å². The molecule has 122 valence electrons. The Labute approximate surface area is 144 Å². The molecular formula is C19H13N3O3. The first-order chi connectivity index (χ1) is 12.2. The number of carbonyl (C=O) groups is 1. The van der Waals surface area contributed by atoms with Crippen molar-refractivity contribution in [2.45, 2.75) is 6.61 Å². The number of nitriles is 1. The summed E-state index contributed by atoms with van der Waals surface area (Å²) in [4.78, 5) is 19.1. The predicted octanol–water partition coefficient (Wildman–Crippen LogP) is 3.29. The zero-order valence-electron chi connectivity index (χ0n) is 13.1. The van der Waals surface area contributed by atoms with Gasteiger partial charge in [-0.2, -0.15) is 5.26 Å². The van der Waals surface area contributed by atoms with E-state index in [9.17, 15) is 4.79 Å². The van der Waals surface area contributed by atoms with Crippen molar-refractivity contribution in [3.8, 4) is 23.2 Å². The fourth-order valence-corrected chi connectivity index (χ4v) is 2.21. The number of carboxylic acids is 1. The van der Waals surface area contributed by atoms with Crippen molar-refractivity contribution in [2.24, 2.45) is 0 Å². The lowest BCUT2D eigenvalue weighted by Gasteiger charge is -2.07. The molecule has 0 aliphatic rings. The number of hydrogen-bond acceptors (Lipinski definition) is 5. The van der Waals surface area contributed by atoms with E-state index in [4.69, 9.17) is 15.1 Å². The fraction of sp³-hybridized carbons (Fsp3) is 0.0526.